The number of hydrogen-bond acceptors (Lipinski definition) is 3. The third-order valence-corrected chi connectivity index (χ3v) is 4.89. The van der Waals surface area contributed by atoms with Gasteiger partial charge < -0.3 is 5.73 Å². The van der Waals surface area contributed by atoms with Gasteiger partial charge in [-0.3, -0.25) is 4.79 Å². The molecule has 0 unspecified atom stereocenters. The standard InChI is InChI=1S/C12H14ClFN2O3S/c13-8-3-9(14)5-10(4-8)20(18,19)16-7-12(1-2-12)6-11(15)17/h3-5,16H,1-2,6-7H2,(H2,15,17). The molecule has 0 saturated heterocycles. The van der Waals surface area contributed by atoms with Crippen LogP contribution in [-0.2, 0) is 14.8 Å². The highest BCUT2D eigenvalue weighted by atomic mass is 35.5. The minimum atomic E-state index is -3.86. The van der Waals surface area contributed by atoms with Crippen LogP contribution in [0.1, 0.15) is 19.3 Å². The molecule has 1 aromatic rings. The minimum Gasteiger partial charge on any atom is -0.370 e. The Bertz CT molecular complexity index is 624. The van der Waals surface area contributed by atoms with E-state index in [2.05, 4.69) is 4.72 Å². The molecule has 0 aliphatic heterocycles. The predicted molar refractivity (Wildman–Crippen MR) is 72.1 cm³/mol. The van der Waals surface area contributed by atoms with E-state index in [1.165, 1.54) is 6.07 Å². The fraction of sp³-hybridized carbons (Fsp3) is 0.417. The normalized spacial score (nSPS) is 16.9. The molecular formula is C12H14ClFN2O3S. The Labute approximate surface area is 121 Å². The van der Waals surface area contributed by atoms with E-state index in [-0.39, 0.29) is 22.9 Å². The van der Waals surface area contributed by atoms with Gasteiger partial charge in [0, 0.05) is 18.0 Å². The quantitative estimate of drug-likeness (QED) is 0.830. The number of nitrogens with two attached hydrogens (primary N) is 1. The van der Waals surface area contributed by atoms with Crippen molar-refractivity contribution in [1.82, 2.24) is 4.72 Å². The van der Waals surface area contributed by atoms with Gasteiger partial charge in [0.05, 0.1) is 4.90 Å². The van der Waals surface area contributed by atoms with E-state index in [0.717, 1.165) is 25.0 Å². The summed E-state index contributed by atoms with van der Waals surface area (Å²) in [7, 11) is -3.86. The molecule has 0 spiro atoms. The first-order valence-corrected chi connectivity index (χ1v) is 7.83. The molecule has 110 valence electrons. The SMILES string of the molecule is NC(=O)CC1(CNS(=O)(=O)c2cc(F)cc(Cl)c2)CC1. The van der Waals surface area contributed by atoms with Crippen molar-refractivity contribution < 1.29 is 17.6 Å². The molecule has 1 aromatic carbocycles. The molecule has 1 aliphatic rings. The lowest BCUT2D eigenvalue weighted by atomic mass is 10.0. The Balaban J connectivity index is 2.10. The van der Waals surface area contributed by atoms with Gasteiger partial charge in [0.15, 0.2) is 0 Å². The summed E-state index contributed by atoms with van der Waals surface area (Å²) in [5.74, 6) is -1.19. The average molecular weight is 321 g/mol. The number of hydrogen-bond donors (Lipinski definition) is 2. The van der Waals surface area contributed by atoms with Crippen molar-refractivity contribution in [2.45, 2.75) is 24.2 Å². The highest BCUT2D eigenvalue weighted by Crippen LogP contribution is 2.48. The second-order valence-corrected chi connectivity index (χ2v) is 7.28. The maximum Gasteiger partial charge on any atom is 0.240 e. The number of nitrogens with one attached hydrogen (secondary N) is 1. The van der Waals surface area contributed by atoms with Crippen molar-refractivity contribution in [2.75, 3.05) is 6.54 Å². The van der Waals surface area contributed by atoms with Crippen LogP contribution in [0.3, 0.4) is 0 Å². The summed E-state index contributed by atoms with van der Waals surface area (Å²) in [4.78, 5) is 10.7. The van der Waals surface area contributed by atoms with Gasteiger partial charge >= 0.3 is 0 Å². The maximum atomic E-state index is 13.2. The van der Waals surface area contributed by atoms with E-state index < -0.39 is 27.2 Å². The Hall–Kier alpha value is -1.18. The molecule has 20 heavy (non-hydrogen) atoms. The minimum absolute atomic E-state index is 0.00338. The monoisotopic (exact) mass is 320 g/mol. The molecule has 0 bridgehead atoms. The number of sulfonamides is 1. The second kappa shape index (κ2) is 5.31. The molecule has 0 heterocycles. The van der Waals surface area contributed by atoms with Crippen LogP contribution < -0.4 is 10.5 Å². The summed E-state index contributed by atoms with van der Waals surface area (Å²) in [6.45, 7) is 0.104. The maximum absolute atomic E-state index is 13.2. The Morgan fingerprint density at radius 1 is 1.40 bits per heavy atom. The van der Waals surface area contributed by atoms with Crippen LogP contribution in [0.25, 0.3) is 0 Å². The zero-order valence-corrected chi connectivity index (χ0v) is 12.1. The van der Waals surface area contributed by atoms with Crippen LogP contribution in [0, 0.1) is 11.2 Å². The van der Waals surface area contributed by atoms with Gasteiger partial charge in [-0.25, -0.2) is 17.5 Å². The number of carbonyl (C=O) groups is 1. The van der Waals surface area contributed by atoms with E-state index in [4.69, 9.17) is 17.3 Å². The molecule has 0 radical (unpaired) electrons. The largest absolute Gasteiger partial charge is 0.370 e. The van der Waals surface area contributed by atoms with Crippen molar-refractivity contribution >= 4 is 27.5 Å². The molecule has 0 aromatic heterocycles. The van der Waals surface area contributed by atoms with E-state index in [0.29, 0.717) is 0 Å². The van der Waals surface area contributed by atoms with Gasteiger partial charge in [0.1, 0.15) is 5.82 Å². The molecule has 1 saturated carbocycles. The number of carbonyl (C=O) groups excluding carboxylic acids is 1. The van der Waals surface area contributed by atoms with Crippen LogP contribution in [0.2, 0.25) is 5.02 Å². The zero-order valence-electron chi connectivity index (χ0n) is 10.5. The van der Waals surface area contributed by atoms with Crippen molar-refractivity contribution in [2.24, 2.45) is 11.1 Å². The molecule has 8 heteroatoms. The highest BCUT2D eigenvalue weighted by Gasteiger charge is 2.44. The van der Waals surface area contributed by atoms with Gasteiger partial charge in [0.2, 0.25) is 15.9 Å². The number of amides is 1. The van der Waals surface area contributed by atoms with E-state index >= 15 is 0 Å². The molecule has 3 N–H and O–H groups in total. The third kappa shape index (κ3) is 3.68. The van der Waals surface area contributed by atoms with Gasteiger partial charge in [-0.15, -0.1) is 0 Å². The molecule has 1 amide bonds. The second-order valence-electron chi connectivity index (χ2n) is 5.07. The highest BCUT2D eigenvalue weighted by molar-refractivity contribution is 7.89. The van der Waals surface area contributed by atoms with Crippen LogP contribution in [0.15, 0.2) is 23.1 Å². The fourth-order valence-electron chi connectivity index (χ4n) is 1.98. The van der Waals surface area contributed by atoms with Crippen molar-refractivity contribution in [3.8, 4) is 0 Å². The molecule has 1 aliphatic carbocycles. The van der Waals surface area contributed by atoms with Crippen LogP contribution in [-0.4, -0.2) is 20.9 Å². The molecule has 1 fully saturated rings. The summed E-state index contributed by atoms with van der Waals surface area (Å²) in [6.07, 6.45) is 1.62. The first-order chi connectivity index (χ1) is 9.22. The molecule has 0 atom stereocenters. The lowest BCUT2D eigenvalue weighted by Gasteiger charge is -2.14. The summed E-state index contributed by atoms with van der Waals surface area (Å²) in [6, 6.07) is 3.08. The lowest BCUT2D eigenvalue weighted by Crippen LogP contribution is -2.32. The zero-order chi connectivity index (χ0) is 15.0. The van der Waals surface area contributed by atoms with Gasteiger partial charge in [0.25, 0.3) is 0 Å². The molecule has 2 rings (SSSR count). The number of primary amides is 1. The molecular weight excluding hydrogens is 307 g/mol. The number of benzene rings is 1. The fourth-order valence-corrected chi connectivity index (χ4v) is 3.48. The summed E-state index contributed by atoms with van der Waals surface area (Å²) >= 11 is 5.63. The summed E-state index contributed by atoms with van der Waals surface area (Å²) in [5.41, 5.74) is 4.73. The van der Waals surface area contributed by atoms with Crippen molar-refractivity contribution in [3.05, 3.63) is 29.0 Å². The summed E-state index contributed by atoms with van der Waals surface area (Å²) in [5, 5.41) is 0.00338. The summed E-state index contributed by atoms with van der Waals surface area (Å²) < 4.78 is 39.6. The topological polar surface area (TPSA) is 89.3 Å². The molecule has 5 nitrogen and oxygen atoms in total. The Morgan fingerprint density at radius 3 is 2.55 bits per heavy atom. The Morgan fingerprint density at radius 2 is 2.05 bits per heavy atom. The van der Waals surface area contributed by atoms with E-state index in [1.807, 2.05) is 0 Å². The predicted octanol–water partition coefficient (Wildman–Crippen LogP) is 1.41. The van der Waals surface area contributed by atoms with Gasteiger partial charge in [-0.1, -0.05) is 11.6 Å². The van der Waals surface area contributed by atoms with E-state index in [9.17, 15) is 17.6 Å². The first-order valence-electron chi connectivity index (χ1n) is 5.97. The smallest absolute Gasteiger partial charge is 0.240 e. The average Bonchev–Trinajstić information content (AvgIpc) is 3.05. The van der Waals surface area contributed by atoms with Crippen molar-refractivity contribution in [3.63, 3.8) is 0 Å². The van der Waals surface area contributed by atoms with Crippen molar-refractivity contribution in [1.29, 1.82) is 0 Å². The van der Waals surface area contributed by atoms with Crippen LogP contribution >= 0.6 is 11.6 Å². The Kier molecular flexibility index (Phi) is 4.04. The van der Waals surface area contributed by atoms with E-state index in [1.54, 1.807) is 0 Å². The van der Waals surface area contributed by atoms with Crippen LogP contribution in [0.4, 0.5) is 4.39 Å². The lowest BCUT2D eigenvalue weighted by molar-refractivity contribution is -0.119. The van der Waals surface area contributed by atoms with Crippen LogP contribution in [0.5, 0.6) is 0 Å². The number of rotatable bonds is 6. The third-order valence-electron chi connectivity index (χ3n) is 3.29. The number of halogens is 2. The first kappa shape index (κ1) is 15.2. The van der Waals surface area contributed by atoms with Gasteiger partial charge in [-0.2, -0.15) is 0 Å². The van der Waals surface area contributed by atoms with Gasteiger partial charge in [-0.05, 0) is 36.5 Å².